The van der Waals surface area contributed by atoms with Crippen molar-refractivity contribution in [2.45, 2.75) is 50.6 Å². The lowest BCUT2D eigenvalue weighted by atomic mass is 9.75. The first kappa shape index (κ1) is 13.6. The summed E-state index contributed by atoms with van der Waals surface area (Å²) in [6.07, 6.45) is 4.70. The van der Waals surface area contributed by atoms with Crippen molar-refractivity contribution in [3.63, 3.8) is 0 Å². The average Bonchev–Trinajstić information content (AvgIpc) is 2.57. The quantitative estimate of drug-likeness (QED) is 0.896. The van der Waals surface area contributed by atoms with Gasteiger partial charge in [0.25, 0.3) is 0 Å². The lowest BCUT2D eigenvalue weighted by Crippen LogP contribution is -2.53. The van der Waals surface area contributed by atoms with Gasteiger partial charge in [0.05, 0.1) is 5.56 Å². The molecule has 2 fully saturated rings. The minimum Gasteiger partial charge on any atom is -0.478 e. The molecular weight excluding hydrogens is 250 g/mol. The van der Waals surface area contributed by atoms with Crippen LogP contribution in [0.15, 0.2) is 24.3 Å². The van der Waals surface area contributed by atoms with Crippen LogP contribution in [0.3, 0.4) is 0 Å². The molecule has 1 aromatic rings. The van der Waals surface area contributed by atoms with Gasteiger partial charge in [-0.2, -0.15) is 0 Å². The Labute approximate surface area is 120 Å². The van der Waals surface area contributed by atoms with Crippen LogP contribution in [-0.2, 0) is 5.54 Å². The van der Waals surface area contributed by atoms with Gasteiger partial charge in [-0.25, -0.2) is 4.79 Å². The lowest BCUT2D eigenvalue weighted by molar-refractivity contribution is -0.00145. The Hall–Kier alpha value is -1.35. The summed E-state index contributed by atoms with van der Waals surface area (Å²) in [5.41, 5.74) is 1.86. The van der Waals surface area contributed by atoms with Gasteiger partial charge in [0.1, 0.15) is 0 Å². The van der Waals surface area contributed by atoms with Crippen LogP contribution in [0.1, 0.15) is 55.5 Å². The fourth-order valence-electron chi connectivity index (χ4n) is 4.60. The fraction of sp³-hybridized carbons (Fsp3) is 0.588. The smallest absolute Gasteiger partial charge is 0.335 e. The monoisotopic (exact) mass is 273 g/mol. The van der Waals surface area contributed by atoms with Crippen LogP contribution in [0.2, 0.25) is 0 Å². The SMILES string of the molecule is CC1CC2(C)CCC(c3cccc(C(=O)O)c3)(C1)N2C. The number of piperidine rings is 1. The molecular formula is C17H23NO2. The first-order valence-electron chi connectivity index (χ1n) is 7.45. The van der Waals surface area contributed by atoms with Crippen molar-refractivity contribution >= 4 is 5.97 Å². The van der Waals surface area contributed by atoms with E-state index < -0.39 is 5.97 Å². The van der Waals surface area contributed by atoms with E-state index in [1.807, 2.05) is 12.1 Å². The molecule has 0 spiro atoms. The average molecular weight is 273 g/mol. The Bertz CT molecular complexity index is 556. The first-order chi connectivity index (χ1) is 9.37. The van der Waals surface area contributed by atoms with Crippen molar-refractivity contribution in [1.29, 1.82) is 0 Å². The maximum Gasteiger partial charge on any atom is 0.335 e. The third kappa shape index (κ3) is 1.80. The summed E-state index contributed by atoms with van der Waals surface area (Å²) in [4.78, 5) is 13.7. The van der Waals surface area contributed by atoms with E-state index in [-0.39, 0.29) is 11.1 Å². The number of hydrogen-bond donors (Lipinski definition) is 1. The summed E-state index contributed by atoms with van der Waals surface area (Å²) in [6.45, 7) is 4.68. The van der Waals surface area contributed by atoms with Crippen molar-refractivity contribution in [3.05, 3.63) is 35.4 Å². The van der Waals surface area contributed by atoms with Crippen LogP contribution >= 0.6 is 0 Å². The Kier molecular flexibility index (Phi) is 2.94. The molecule has 3 nitrogen and oxygen atoms in total. The van der Waals surface area contributed by atoms with Crippen LogP contribution in [0.4, 0.5) is 0 Å². The van der Waals surface area contributed by atoms with Crippen molar-refractivity contribution in [1.82, 2.24) is 4.90 Å². The number of carboxylic acid groups (broad SMARTS) is 1. The van der Waals surface area contributed by atoms with Crippen molar-refractivity contribution < 1.29 is 9.90 Å². The molecule has 108 valence electrons. The van der Waals surface area contributed by atoms with Crippen LogP contribution < -0.4 is 0 Å². The van der Waals surface area contributed by atoms with Gasteiger partial charge in [0.15, 0.2) is 0 Å². The molecule has 2 bridgehead atoms. The molecule has 20 heavy (non-hydrogen) atoms. The first-order valence-corrected chi connectivity index (χ1v) is 7.45. The predicted molar refractivity (Wildman–Crippen MR) is 78.9 cm³/mol. The van der Waals surface area contributed by atoms with Gasteiger partial charge >= 0.3 is 5.97 Å². The molecule has 2 saturated heterocycles. The molecule has 2 aliphatic rings. The highest BCUT2D eigenvalue weighted by molar-refractivity contribution is 5.87. The normalized spacial score (nSPS) is 37.0. The molecule has 3 heteroatoms. The van der Waals surface area contributed by atoms with Crippen LogP contribution in [0, 0.1) is 5.92 Å². The molecule has 1 N–H and O–H groups in total. The highest BCUT2D eigenvalue weighted by Crippen LogP contribution is 2.56. The topological polar surface area (TPSA) is 40.5 Å². The van der Waals surface area contributed by atoms with Crippen molar-refractivity contribution in [2.24, 2.45) is 5.92 Å². The van der Waals surface area contributed by atoms with Crippen molar-refractivity contribution in [3.8, 4) is 0 Å². The summed E-state index contributed by atoms with van der Waals surface area (Å²) in [6, 6.07) is 7.55. The molecule has 0 saturated carbocycles. The molecule has 3 atom stereocenters. The van der Waals surface area contributed by atoms with E-state index in [1.165, 1.54) is 18.4 Å². The van der Waals surface area contributed by atoms with E-state index in [9.17, 15) is 9.90 Å². The van der Waals surface area contributed by atoms with E-state index in [0.717, 1.165) is 12.8 Å². The fourth-order valence-corrected chi connectivity index (χ4v) is 4.60. The lowest BCUT2D eigenvalue weighted by Gasteiger charge is -2.50. The van der Waals surface area contributed by atoms with E-state index in [2.05, 4.69) is 31.9 Å². The number of fused-ring (bicyclic) bond motifs is 2. The van der Waals surface area contributed by atoms with E-state index >= 15 is 0 Å². The van der Waals surface area contributed by atoms with Crippen LogP contribution in [0.25, 0.3) is 0 Å². The van der Waals surface area contributed by atoms with E-state index in [4.69, 9.17) is 0 Å². The molecule has 0 aliphatic carbocycles. The molecule has 0 amide bonds. The number of aromatic carboxylic acids is 1. The van der Waals surface area contributed by atoms with Gasteiger partial charge in [0.2, 0.25) is 0 Å². The Morgan fingerprint density at radius 3 is 2.80 bits per heavy atom. The summed E-state index contributed by atoms with van der Waals surface area (Å²) in [5, 5.41) is 9.23. The zero-order valence-corrected chi connectivity index (χ0v) is 12.5. The maximum absolute atomic E-state index is 11.2. The maximum atomic E-state index is 11.2. The second-order valence-electron chi connectivity index (χ2n) is 6.99. The van der Waals surface area contributed by atoms with Gasteiger partial charge in [-0.15, -0.1) is 0 Å². The largest absolute Gasteiger partial charge is 0.478 e. The molecule has 2 heterocycles. The summed E-state index contributed by atoms with van der Waals surface area (Å²) in [7, 11) is 2.21. The molecule has 2 aliphatic heterocycles. The van der Waals surface area contributed by atoms with Gasteiger partial charge in [-0.3, -0.25) is 4.90 Å². The second-order valence-corrected chi connectivity index (χ2v) is 6.99. The van der Waals surface area contributed by atoms with Crippen LogP contribution in [-0.4, -0.2) is 28.6 Å². The highest BCUT2D eigenvalue weighted by atomic mass is 16.4. The van der Waals surface area contributed by atoms with Gasteiger partial charge in [-0.1, -0.05) is 19.1 Å². The Morgan fingerprint density at radius 2 is 2.10 bits per heavy atom. The van der Waals surface area contributed by atoms with Crippen LogP contribution in [0.5, 0.6) is 0 Å². The minimum absolute atomic E-state index is 0.0257. The van der Waals surface area contributed by atoms with E-state index in [1.54, 1.807) is 6.07 Å². The number of benzene rings is 1. The third-order valence-corrected chi connectivity index (χ3v) is 5.65. The highest BCUT2D eigenvalue weighted by Gasteiger charge is 2.55. The number of rotatable bonds is 2. The minimum atomic E-state index is -0.837. The summed E-state index contributed by atoms with van der Waals surface area (Å²) in [5.74, 6) is -0.150. The zero-order valence-electron chi connectivity index (χ0n) is 12.5. The standard InChI is InChI=1S/C17H23NO2/c1-12-10-16(2)7-8-17(11-12,18(16)3)14-6-4-5-13(9-14)15(19)20/h4-6,9,12H,7-8,10-11H2,1-3H3,(H,19,20). The van der Waals surface area contributed by atoms with Crippen molar-refractivity contribution in [2.75, 3.05) is 7.05 Å². The Balaban J connectivity index is 2.08. The zero-order chi connectivity index (χ0) is 14.5. The third-order valence-electron chi connectivity index (χ3n) is 5.65. The number of nitrogens with zero attached hydrogens (tertiary/aromatic N) is 1. The second kappa shape index (κ2) is 4.32. The van der Waals surface area contributed by atoms with Gasteiger partial charge in [-0.05, 0) is 63.3 Å². The number of hydrogen-bond acceptors (Lipinski definition) is 2. The molecule has 3 rings (SSSR count). The number of carboxylic acids is 1. The number of carbonyl (C=O) groups is 1. The Morgan fingerprint density at radius 1 is 1.35 bits per heavy atom. The summed E-state index contributed by atoms with van der Waals surface area (Å²) >= 11 is 0. The molecule has 0 aromatic heterocycles. The summed E-state index contributed by atoms with van der Waals surface area (Å²) < 4.78 is 0. The molecule has 1 aromatic carbocycles. The predicted octanol–water partition coefficient (Wildman–Crippen LogP) is 3.49. The van der Waals surface area contributed by atoms with Gasteiger partial charge in [0, 0.05) is 11.1 Å². The van der Waals surface area contributed by atoms with E-state index in [0.29, 0.717) is 11.5 Å². The van der Waals surface area contributed by atoms with Gasteiger partial charge < -0.3 is 5.11 Å². The molecule has 3 unspecified atom stereocenters. The molecule has 0 radical (unpaired) electrons.